The van der Waals surface area contributed by atoms with E-state index in [4.69, 9.17) is 0 Å². The Labute approximate surface area is 106 Å². The van der Waals surface area contributed by atoms with Crippen molar-refractivity contribution in [2.45, 2.75) is 70.8 Å². The molecule has 0 aromatic carbocycles. The van der Waals surface area contributed by atoms with Crippen molar-refractivity contribution in [1.29, 1.82) is 0 Å². The Bertz CT molecular complexity index is 251. The van der Waals surface area contributed by atoms with E-state index in [2.05, 4.69) is 13.8 Å². The van der Waals surface area contributed by atoms with E-state index >= 15 is 0 Å². The number of rotatable bonds is 4. The van der Waals surface area contributed by atoms with E-state index < -0.39 is 0 Å². The molecule has 17 heavy (non-hydrogen) atoms. The van der Waals surface area contributed by atoms with E-state index in [1.165, 1.54) is 44.9 Å². The predicted octanol–water partition coefficient (Wildman–Crippen LogP) is 4.00. The topological polar surface area (TPSA) is 20.2 Å². The fraction of sp³-hybridized carbons (Fsp3) is 1.00. The molecule has 0 heterocycles. The zero-order valence-electron chi connectivity index (χ0n) is 11.5. The van der Waals surface area contributed by atoms with Crippen LogP contribution in [-0.4, -0.2) is 10.7 Å². The molecule has 0 aromatic rings. The zero-order chi connectivity index (χ0) is 12.0. The molecule has 0 unspecified atom stereocenters. The highest BCUT2D eigenvalue weighted by Crippen LogP contribution is 2.60. The Morgan fingerprint density at radius 1 is 0.941 bits per heavy atom. The summed E-state index contributed by atoms with van der Waals surface area (Å²) in [6.07, 6.45) is 10.4. The monoisotopic (exact) mass is 236 g/mol. The third-order valence-corrected chi connectivity index (χ3v) is 6.32. The van der Waals surface area contributed by atoms with E-state index in [1.807, 2.05) is 0 Å². The summed E-state index contributed by atoms with van der Waals surface area (Å²) in [4.78, 5) is 0. The van der Waals surface area contributed by atoms with Gasteiger partial charge in [-0.25, -0.2) is 0 Å². The minimum absolute atomic E-state index is 0.274. The number of hydrogen-bond acceptors (Lipinski definition) is 1. The molecule has 4 bridgehead atoms. The Balaban J connectivity index is 1.77. The Morgan fingerprint density at radius 3 is 1.82 bits per heavy atom. The first kappa shape index (κ1) is 12.0. The highest BCUT2D eigenvalue weighted by Gasteiger charge is 2.56. The third-order valence-electron chi connectivity index (χ3n) is 6.32. The molecule has 4 saturated carbocycles. The van der Waals surface area contributed by atoms with E-state index in [1.54, 1.807) is 0 Å². The highest BCUT2D eigenvalue weighted by atomic mass is 16.3. The molecule has 0 spiro atoms. The second-order valence-corrected chi connectivity index (χ2v) is 7.18. The van der Waals surface area contributed by atoms with E-state index in [9.17, 15) is 5.11 Å². The van der Waals surface area contributed by atoms with Crippen molar-refractivity contribution in [2.75, 3.05) is 0 Å². The fourth-order valence-electron chi connectivity index (χ4n) is 5.37. The van der Waals surface area contributed by atoms with Gasteiger partial charge in [-0.05, 0) is 68.1 Å². The van der Waals surface area contributed by atoms with Gasteiger partial charge >= 0.3 is 0 Å². The molecule has 4 aliphatic carbocycles. The van der Waals surface area contributed by atoms with Gasteiger partial charge in [0.1, 0.15) is 0 Å². The lowest BCUT2D eigenvalue weighted by Gasteiger charge is -2.59. The predicted molar refractivity (Wildman–Crippen MR) is 70.7 cm³/mol. The van der Waals surface area contributed by atoms with Crippen molar-refractivity contribution < 1.29 is 5.11 Å². The first-order valence-electron chi connectivity index (χ1n) is 7.88. The van der Waals surface area contributed by atoms with Gasteiger partial charge in [0.25, 0.3) is 0 Å². The van der Waals surface area contributed by atoms with E-state index in [0.717, 1.165) is 24.2 Å². The smallest absolute Gasteiger partial charge is 0.0706 e. The van der Waals surface area contributed by atoms with Crippen molar-refractivity contribution in [3.63, 3.8) is 0 Å². The molecule has 1 N–H and O–H groups in total. The highest BCUT2D eigenvalue weighted by molar-refractivity contribution is 5.07. The lowest BCUT2D eigenvalue weighted by atomic mass is 9.48. The van der Waals surface area contributed by atoms with E-state index in [0.29, 0.717) is 11.8 Å². The molecule has 0 atom stereocenters. The molecule has 4 rings (SSSR count). The summed E-state index contributed by atoms with van der Waals surface area (Å²) in [5, 5.41) is 11.2. The average molecular weight is 236 g/mol. The van der Waals surface area contributed by atoms with Crippen molar-refractivity contribution in [3.8, 4) is 0 Å². The van der Waals surface area contributed by atoms with Gasteiger partial charge in [0.15, 0.2) is 0 Å². The molecule has 1 heteroatoms. The normalized spacial score (nSPS) is 48.0. The van der Waals surface area contributed by atoms with Crippen molar-refractivity contribution in [1.82, 2.24) is 0 Å². The van der Waals surface area contributed by atoms with Gasteiger partial charge in [-0.2, -0.15) is 0 Å². The molecule has 0 saturated heterocycles. The van der Waals surface area contributed by atoms with Gasteiger partial charge in [0.2, 0.25) is 0 Å². The minimum atomic E-state index is -0.274. The Morgan fingerprint density at radius 2 is 1.41 bits per heavy atom. The summed E-state index contributed by atoms with van der Waals surface area (Å²) in [7, 11) is 0. The largest absolute Gasteiger partial charge is 0.389 e. The summed E-state index contributed by atoms with van der Waals surface area (Å²) < 4.78 is 0. The summed E-state index contributed by atoms with van der Waals surface area (Å²) in [6.45, 7) is 4.57. The summed E-state index contributed by atoms with van der Waals surface area (Å²) in [5.74, 6) is 4.00. The molecule has 98 valence electrons. The van der Waals surface area contributed by atoms with Gasteiger partial charge in [0.05, 0.1) is 5.60 Å². The molecule has 0 radical (unpaired) electrons. The average Bonchev–Trinajstić information content (AvgIpc) is 2.32. The van der Waals surface area contributed by atoms with Crippen LogP contribution in [0.5, 0.6) is 0 Å². The first-order chi connectivity index (χ1) is 8.15. The summed E-state index contributed by atoms with van der Waals surface area (Å²) in [6, 6.07) is 0. The maximum absolute atomic E-state index is 11.2. The van der Waals surface area contributed by atoms with Gasteiger partial charge in [-0.1, -0.05) is 26.7 Å². The zero-order valence-corrected chi connectivity index (χ0v) is 11.5. The Kier molecular flexibility index (Phi) is 3.01. The van der Waals surface area contributed by atoms with Crippen LogP contribution in [0, 0.1) is 29.6 Å². The van der Waals surface area contributed by atoms with Crippen LogP contribution in [-0.2, 0) is 0 Å². The summed E-state index contributed by atoms with van der Waals surface area (Å²) >= 11 is 0. The summed E-state index contributed by atoms with van der Waals surface area (Å²) in [5.41, 5.74) is -0.274. The maximum Gasteiger partial charge on any atom is 0.0706 e. The standard InChI is InChI=1S/C16H28O/c1-3-11(4-2)10-16(17)14-6-12-5-13(8-14)9-15(16)7-12/h11-15,17H,3-10H2,1-2H3. The van der Waals surface area contributed by atoms with Crippen LogP contribution in [0.4, 0.5) is 0 Å². The third kappa shape index (κ3) is 1.85. The maximum atomic E-state index is 11.2. The van der Waals surface area contributed by atoms with Gasteiger partial charge < -0.3 is 5.11 Å². The Hall–Kier alpha value is -0.0400. The second-order valence-electron chi connectivity index (χ2n) is 7.18. The minimum Gasteiger partial charge on any atom is -0.389 e. The lowest BCUT2D eigenvalue weighted by Crippen LogP contribution is -2.58. The number of hydrogen-bond donors (Lipinski definition) is 1. The van der Waals surface area contributed by atoms with Crippen LogP contribution in [0.15, 0.2) is 0 Å². The molecule has 4 fully saturated rings. The van der Waals surface area contributed by atoms with Crippen LogP contribution >= 0.6 is 0 Å². The van der Waals surface area contributed by atoms with E-state index in [-0.39, 0.29) is 5.60 Å². The van der Waals surface area contributed by atoms with Gasteiger partial charge in [0, 0.05) is 0 Å². The van der Waals surface area contributed by atoms with Gasteiger partial charge in [-0.15, -0.1) is 0 Å². The SMILES string of the molecule is CCC(CC)CC1(O)C2CC3CC(C2)CC1C3. The number of aliphatic hydroxyl groups is 1. The van der Waals surface area contributed by atoms with Crippen LogP contribution in [0.1, 0.15) is 65.2 Å². The molecule has 0 amide bonds. The molecular formula is C16H28O. The lowest BCUT2D eigenvalue weighted by molar-refractivity contribution is -0.182. The first-order valence-corrected chi connectivity index (χ1v) is 7.88. The molecular weight excluding hydrogens is 208 g/mol. The van der Waals surface area contributed by atoms with Crippen molar-refractivity contribution in [3.05, 3.63) is 0 Å². The molecule has 0 aliphatic heterocycles. The van der Waals surface area contributed by atoms with Crippen molar-refractivity contribution in [2.24, 2.45) is 29.6 Å². The van der Waals surface area contributed by atoms with Crippen LogP contribution in [0.25, 0.3) is 0 Å². The molecule has 1 nitrogen and oxygen atoms in total. The fourth-order valence-corrected chi connectivity index (χ4v) is 5.37. The van der Waals surface area contributed by atoms with Crippen LogP contribution in [0.2, 0.25) is 0 Å². The second kappa shape index (κ2) is 4.26. The molecule has 0 aromatic heterocycles. The van der Waals surface area contributed by atoms with Crippen molar-refractivity contribution >= 4 is 0 Å². The quantitative estimate of drug-likeness (QED) is 0.782. The van der Waals surface area contributed by atoms with Gasteiger partial charge in [-0.3, -0.25) is 0 Å². The van der Waals surface area contributed by atoms with Crippen LogP contribution < -0.4 is 0 Å². The van der Waals surface area contributed by atoms with Crippen LogP contribution in [0.3, 0.4) is 0 Å². The molecule has 4 aliphatic rings.